The second-order valence-corrected chi connectivity index (χ2v) is 6.60. The number of fused-ring (bicyclic) bond motifs is 1. The van der Waals surface area contributed by atoms with Crippen LogP contribution in [-0.4, -0.2) is 51.8 Å². The lowest BCUT2D eigenvalue weighted by molar-refractivity contribution is 0.0867. The van der Waals surface area contributed by atoms with Crippen molar-refractivity contribution < 1.29 is 14.6 Å². The van der Waals surface area contributed by atoms with E-state index < -0.39 is 5.54 Å². The zero-order valence-electron chi connectivity index (χ0n) is 13.2. The van der Waals surface area contributed by atoms with Gasteiger partial charge in [0.15, 0.2) is 5.13 Å². The first-order valence-corrected chi connectivity index (χ1v) is 8.44. The Balaban J connectivity index is 1.80. The molecule has 1 aliphatic rings. The molecule has 3 heterocycles. The van der Waals surface area contributed by atoms with Gasteiger partial charge >= 0.3 is 6.03 Å². The molecule has 0 aliphatic carbocycles. The summed E-state index contributed by atoms with van der Waals surface area (Å²) in [5.74, 6) is 0.517. The fraction of sp³-hybridized carbons (Fsp3) is 0.533. The average molecular weight is 336 g/mol. The highest BCUT2D eigenvalue weighted by Gasteiger charge is 2.41. The number of likely N-dealkylation sites (tertiary alicyclic amines) is 1. The Hall–Kier alpha value is -1.93. The maximum Gasteiger partial charge on any atom is 0.324 e. The van der Waals surface area contributed by atoms with Gasteiger partial charge < -0.3 is 14.7 Å². The summed E-state index contributed by atoms with van der Waals surface area (Å²) in [4.78, 5) is 23.7. The van der Waals surface area contributed by atoms with E-state index in [4.69, 9.17) is 4.74 Å². The number of hydrogen-bond acceptors (Lipinski definition) is 6. The van der Waals surface area contributed by atoms with Gasteiger partial charge in [-0.1, -0.05) is 18.3 Å². The molecule has 1 aliphatic heterocycles. The van der Waals surface area contributed by atoms with E-state index in [-0.39, 0.29) is 12.6 Å². The predicted octanol–water partition coefficient (Wildman–Crippen LogP) is 2.47. The number of hydrogen-bond donors (Lipinski definition) is 2. The Morgan fingerprint density at radius 2 is 2.35 bits per heavy atom. The molecule has 7 nitrogen and oxygen atoms in total. The van der Waals surface area contributed by atoms with Crippen LogP contribution in [-0.2, 0) is 0 Å². The minimum absolute atomic E-state index is 0.0183. The number of thiazole rings is 1. The molecule has 1 unspecified atom stereocenters. The van der Waals surface area contributed by atoms with Crippen molar-refractivity contribution in [3.63, 3.8) is 0 Å². The number of carbonyl (C=O) groups excluding carboxylic acids is 1. The SMILES string of the molecule is CCC1(CO)CCCN1C(=O)Nc1nc2ccc(OC)nc2s1. The summed E-state index contributed by atoms with van der Waals surface area (Å²) in [7, 11) is 1.56. The summed E-state index contributed by atoms with van der Waals surface area (Å²) in [6.07, 6.45) is 2.46. The third-order valence-electron chi connectivity index (χ3n) is 4.45. The average Bonchev–Trinajstić information content (AvgIpc) is 3.17. The van der Waals surface area contributed by atoms with Gasteiger partial charge in [0.05, 0.1) is 19.3 Å². The molecule has 1 saturated heterocycles. The van der Waals surface area contributed by atoms with Gasteiger partial charge in [0.25, 0.3) is 0 Å². The van der Waals surface area contributed by atoms with Crippen LogP contribution < -0.4 is 10.1 Å². The smallest absolute Gasteiger partial charge is 0.324 e. The van der Waals surface area contributed by atoms with Crippen LogP contribution in [0.2, 0.25) is 0 Å². The molecule has 0 bridgehead atoms. The van der Waals surface area contributed by atoms with Crippen LogP contribution in [0.5, 0.6) is 5.88 Å². The zero-order chi connectivity index (χ0) is 16.4. The molecule has 23 heavy (non-hydrogen) atoms. The number of anilines is 1. The monoisotopic (exact) mass is 336 g/mol. The number of ether oxygens (including phenoxy) is 1. The first-order chi connectivity index (χ1) is 11.1. The van der Waals surface area contributed by atoms with Crippen molar-refractivity contribution in [2.75, 3.05) is 25.6 Å². The summed E-state index contributed by atoms with van der Waals surface area (Å²) >= 11 is 1.31. The van der Waals surface area contributed by atoms with E-state index in [2.05, 4.69) is 15.3 Å². The molecule has 1 atom stereocenters. The molecule has 0 aromatic carbocycles. The molecular weight excluding hydrogens is 316 g/mol. The Bertz CT molecular complexity index is 714. The Morgan fingerprint density at radius 1 is 1.52 bits per heavy atom. The Morgan fingerprint density at radius 3 is 3.04 bits per heavy atom. The van der Waals surface area contributed by atoms with Gasteiger partial charge in [0.1, 0.15) is 10.3 Å². The maximum atomic E-state index is 12.6. The predicted molar refractivity (Wildman–Crippen MR) is 89.0 cm³/mol. The topological polar surface area (TPSA) is 87.6 Å². The molecule has 2 aromatic heterocycles. The first-order valence-electron chi connectivity index (χ1n) is 7.63. The number of aromatic nitrogens is 2. The molecule has 8 heteroatoms. The molecular formula is C15H20N4O3S. The number of amides is 2. The van der Waals surface area contributed by atoms with E-state index in [1.807, 2.05) is 13.0 Å². The molecule has 2 aromatic rings. The summed E-state index contributed by atoms with van der Waals surface area (Å²) < 4.78 is 5.09. The largest absolute Gasteiger partial charge is 0.481 e. The van der Waals surface area contributed by atoms with Gasteiger partial charge in [-0.25, -0.2) is 14.8 Å². The van der Waals surface area contributed by atoms with Crippen LogP contribution in [0.15, 0.2) is 12.1 Å². The number of aliphatic hydroxyl groups excluding tert-OH is 1. The minimum Gasteiger partial charge on any atom is -0.481 e. The lowest BCUT2D eigenvalue weighted by Crippen LogP contribution is -2.51. The van der Waals surface area contributed by atoms with E-state index in [9.17, 15) is 9.90 Å². The molecule has 2 amide bonds. The fourth-order valence-electron chi connectivity index (χ4n) is 3.03. The number of rotatable bonds is 4. The summed E-state index contributed by atoms with van der Waals surface area (Å²) in [5.41, 5.74) is 0.263. The molecule has 0 radical (unpaired) electrons. The first kappa shape index (κ1) is 15.9. The molecule has 0 spiro atoms. The number of nitrogens with zero attached hydrogens (tertiary/aromatic N) is 3. The third kappa shape index (κ3) is 2.84. The lowest BCUT2D eigenvalue weighted by atomic mass is 9.94. The van der Waals surface area contributed by atoms with Gasteiger partial charge in [-0.05, 0) is 25.3 Å². The van der Waals surface area contributed by atoms with Gasteiger partial charge in [-0.3, -0.25) is 5.32 Å². The van der Waals surface area contributed by atoms with E-state index in [1.165, 1.54) is 11.3 Å². The molecule has 124 valence electrons. The maximum absolute atomic E-state index is 12.6. The standard InChI is InChI=1S/C15H20N4O3S/c1-3-15(9-20)7-4-8-19(15)14(21)18-13-16-10-5-6-11(22-2)17-12(10)23-13/h5-6,20H,3-4,7-9H2,1-2H3,(H,16,18,21). The highest BCUT2D eigenvalue weighted by Crippen LogP contribution is 2.33. The number of methoxy groups -OCH3 is 1. The van der Waals surface area contributed by atoms with E-state index in [0.29, 0.717) is 22.4 Å². The van der Waals surface area contributed by atoms with Crippen molar-refractivity contribution in [2.24, 2.45) is 0 Å². The zero-order valence-corrected chi connectivity index (χ0v) is 14.0. The van der Waals surface area contributed by atoms with Crippen molar-refractivity contribution >= 4 is 32.8 Å². The van der Waals surface area contributed by atoms with Crippen molar-refractivity contribution in [1.82, 2.24) is 14.9 Å². The quantitative estimate of drug-likeness (QED) is 0.895. The number of pyridine rings is 1. The minimum atomic E-state index is -0.456. The summed E-state index contributed by atoms with van der Waals surface area (Å²) in [5, 5.41) is 13.1. The van der Waals surface area contributed by atoms with Crippen LogP contribution in [0.25, 0.3) is 10.3 Å². The second-order valence-electron chi connectivity index (χ2n) is 5.62. The number of aliphatic hydroxyl groups is 1. The van der Waals surface area contributed by atoms with E-state index in [0.717, 1.165) is 24.8 Å². The van der Waals surface area contributed by atoms with E-state index >= 15 is 0 Å². The van der Waals surface area contributed by atoms with Gasteiger partial charge in [0.2, 0.25) is 5.88 Å². The second kappa shape index (κ2) is 6.29. The summed E-state index contributed by atoms with van der Waals surface area (Å²) in [6.45, 7) is 2.63. The van der Waals surface area contributed by atoms with Crippen LogP contribution >= 0.6 is 11.3 Å². The van der Waals surface area contributed by atoms with Crippen LogP contribution in [0.3, 0.4) is 0 Å². The highest BCUT2D eigenvalue weighted by molar-refractivity contribution is 7.21. The van der Waals surface area contributed by atoms with Crippen molar-refractivity contribution in [3.05, 3.63) is 12.1 Å². The normalized spacial score (nSPS) is 20.9. The molecule has 1 fully saturated rings. The number of nitrogens with one attached hydrogen (secondary N) is 1. The van der Waals surface area contributed by atoms with Crippen LogP contribution in [0.4, 0.5) is 9.93 Å². The van der Waals surface area contributed by atoms with Crippen LogP contribution in [0, 0.1) is 0 Å². The Labute approximate surface area is 138 Å². The molecule has 2 N–H and O–H groups in total. The number of carbonyl (C=O) groups is 1. The van der Waals surface area contributed by atoms with Gasteiger partial charge in [-0.2, -0.15) is 0 Å². The van der Waals surface area contributed by atoms with Crippen molar-refractivity contribution in [3.8, 4) is 5.88 Å². The Kier molecular flexibility index (Phi) is 4.36. The third-order valence-corrected chi connectivity index (χ3v) is 5.33. The van der Waals surface area contributed by atoms with Gasteiger partial charge in [0, 0.05) is 12.6 Å². The van der Waals surface area contributed by atoms with E-state index in [1.54, 1.807) is 18.1 Å². The fourth-order valence-corrected chi connectivity index (χ4v) is 3.84. The summed E-state index contributed by atoms with van der Waals surface area (Å²) in [6, 6.07) is 3.33. The number of urea groups is 1. The van der Waals surface area contributed by atoms with Crippen LogP contribution in [0.1, 0.15) is 26.2 Å². The van der Waals surface area contributed by atoms with Gasteiger partial charge in [-0.15, -0.1) is 0 Å². The van der Waals surface area contributed by atoms with Crippen molar-refractivity contribution in [1.29, 1.82) is 0 Å². The molecule has 0 saturated carbocycles. The highest BCUT2D eigenvalue weighted by atomic mass is 32.1. The molecule has 3 rings (SSSR count). The van der Waals surface area contributed by atoms with Crippen molar-refractivity contribution in [2.45, 2.75) is 31.7 Å². The lowest BCUT2D eigenvalue weighted by Gasteiger charge is -2.35.